The molecule has 1 rings (SSSR count). The lowest BCUT2D eigenvalue weighted by Crippen LogP contribution is -2.17. The van der Waals surface area contributed by atoms with Crippen molar-refractivity contribution in [3.05, 3.63) is 12.4 Å². The van der Waals surface area contributed by atoms with Gasteiger partial charge in [0, 0.05) is 18.3 Å². The van der Waals surface area contributed by atoms with Crippen LogP contribution >= 0.6 is 0 Å². The van der Waals surface area contributed by atoms with E-state index in [2.05, 4.69) is 44.3 Å². The van der Waals surface area contributed by atoms with Gasteiger partial charge in [-0.2, -0.15) is 5.10 Å². The molecule has 1 heterocycles. The summed E-state index contributed by atoms with van der Waals surface area (Å²) in [6, 6.07) is 1.02. The molecule has 15 heavy (non-hydrogen) atoms. The zero-order valence-electron chi connectivity index (χ0n) is 10.3. The summed E-state index contributed by atoms with van der Waals surface area (Å²) >= 11 is 0. The molecule has 3 nitrogen and oxygen atoms in total. The summed E-state index contributed by atoms with van der Waals surface area (Å²) < 4.78 is 1.99. The fraction of sp³-hybridized carbons (Fsp3) is 0.750. The Hall–Kier alpha value is -0.990. The summed E-state index contributed by atoms with van der Waals surface area (Å²) in [5.74, 6) is 0. The molecule has 1 N–H and O–H groups in total. The molecule has 0 bridgehead atoms. The van der Waals surface area contributed by atoms with Crippen LogP contribution in [0.4, 0.5) is 5.69 Å². The Kier molecular flexibility index (Phi) is 4.66. The highest BCUT2D eigenvalue weighted by Crippen LogP contribution is 2.14. The van der Waals surface area contributed by atoms with Gasteiger partial charge in [0.15, 0.2) is 0 Å². The second-order valence-electron chi connectivity index (χ2n) is 4.34. The summed E-state index contributed by atoms with van der Waals surface area (Å²) in [7, 11) is 0. The van der Waals surface area contributed by atoms with Gasteiger partial charge in [-0.05, 0) is 26.7 Å². The number of anilines is 1. The first-order valence-corrected chi connectivity index (χ1v) is 5.98. The van der Waals surface area contributed by atoms with Crippen LogP contribution in [-0.2, 0) is 0 Å². The monoisotopic (exact) mass is 209 g/mol. The Labute approximate surface area is 92.9 Å². The highest BCUT2D eigenvalue weighted by molar-refractivity contribution is 5.39. The zero-order chi connectivity index (χ0) is 11.3. The van der Waals surface area contributed by atoms with Gasteiger partial charge in [-0.1, -0.05) is 20.3 Å². The molecule has 0 saturated carbocycles. The van der Waals surface area contributed by atoms with Crippen molar-refractivity contribution in [2.24, 2.45) is 0 Å². The summed E-state index contributed by atoms with van der Waals surface area (Å²) in [5.41, 5.74) is 1.14. The van der Waals surface area contributed by atoms with Gasteiger partial charge in [0.05, 0.1) is 11.9 Å². The molecule has 0 aromatic carbocycles. The van der Waals surface area contributed by atoms with E-state index in [9.17, 15) is 0 Å². The summed E-state index contributed by atoms with van der Waals surface area (Å²) in [4.78, 5) is 0. The standard InChI is InChI=1S/C12H23N3/c1-5-7-11(6-2)14-12-8-13-15(9-12)10(3)4/h8-11,14H,5-7H2,1-4H3. The molecule has 0 saturated heterocycles. The third-order valence-electron chi connectivity index (χ3n) is 2.63. The maximum absolute atomic E-state index is 4.32. The Morgan fingerprint density at radius 1 is 1.40 bits per heavy atom. The number of nitrogens with zero attached hydrogens (tertiary/aromatic N) is 2. The molecule has 0 amide bonds. The van der Waals surface area contributed by atoms with Crippen molar-refractivity contribution >= 4 is 5.69 Å². The second-order valence-corrected chi connectivity index (χ2v) is 4.34. The van der Waals surface area contributed by atoms with Crippen molar-refractivity contribution in [1.29, 1.82) is 0 Å². The second kappa shape index (κ2) is 5.79. The smallest absolute Gasteiger partial charge is 0.0728 e. The van der Waals surface area contributed by atoms with Gasteiger partial charge < -0.3 is 5.32 Å². The third kappa shape index (κ3) is 3.57. The average Bonchev–Trinajstić information content (AvgIpc) is 2.65. The third-order valence-corrected chi connectivity index (χ3v) is 2.63. The minimum absolute atomic E-state index is 0.437. The number of hydrogen-bond donors (Lipinski definition) is 1. The van der Waals surface area contributed by atoms with Gasteiger partial charge in [-0.15, -0.1) is 0 Å². The van der Waals surface area contributed by atoms with Gasteiger partial charge in [0.25, 0.3) is 0 Å². The first-order chi connectivity index (χ1) is 7.17. The quantitative estimate of drug-likeness (QED) is 0.777. The summed E-state index contributed by atoms with van der Waals surface area (Å²) in [6.07, 6.45) is 7.62. The minimum atomic E-state index is 0.437. The number of nitrogens with one attached hydrogen (secondary N) is 1. The van der Waals surface area contributed by atoms with Crippen LogP contribution in [0.1, 0.15) is 53.0 Å². The predicted octanol–water partition coefficient (Wildman–Crippen LogP) is 3.45. The van der Waals surface area contributed by atoms with Crippen LogP contribution in [0.25, 0.3) is 0 Å². The Balaban J connectivity index is 2.55. The molecule has 3 heteroatoms. The average molecular weight is 209 g/mol. The van der Waals surface area contributed by atoms with Crippen LogP contribution in [0.2, 0.25) is 0 Å². The van der Waals surface area contributed by atoms with Gasteiger partial charge in [0.1, 0.15) is 0 Å². The van der Waals surface area contributed by atoms with E-state index in [1.165, 1.54) is 19.3 Å². The van der Waals surface area contributed by atoms with Gasteiger partial charge >= 0.3 is 0 Å². The molecule has 0 spiro atoms. The molecule has 0 fully saturated rings. The van der Waals surface area contributed by atoms with Crippen molar-refractivity contribution in [3.63, 3.8) is 0 Å². The van der Waals surface area contributed by atoms with Crippen LogP contribution in [0.15, 0.2) is 12.4 Å². The Morgan fingerprint density at radius 2 is 2.13 bits per heavy atom. The van der Waals surface area contributed by atoms with Crippen molar-refractivity contribution < 1.29 is 0 Å². The van der Waals surface area contributed by atoms with Crippen LogP contribution in [-0.4, -0.2) is 15.8 Å². The Morgan fingerprint density at radius 3 is 2.60 bits per heavy atom. The maximum atomic E-state index is 4.32. The minimum Gasteiger partial charge on any atom is -0.380 e. The molecule has 0 aliphatic heterocycles. The van der Waals surface area contributed by atoms with E-state index >= 15 is 0 Å². The molecule has 0 aliphatic rings. The van der Waals surface area contributed by atoms with E-state index in [1.54, 1.807) is 0 Å². The highest BCUT2D eigenvalue weighted by Gasteiger charge is 2.07. The predicted molar refractivity (Wildman–Crippen MR) is 65.2 cm³/mol. The van der Waals surface area contributed by atoms with Crippen LogP contribution in [0, 0.1) is 0 Å². The van der Waals surface area contributed by atoms with Crippen molar-refractivity contribution in [3.8, 4) is 0 Å². The zero-order valence-corrected chi connectivity index (χ0v) is 10.3. The first-order valence-electron chi connectivity index (χ1n) is 5.98. The number of hydrogen-bond acceptors (Lipinski definition) is 2. The fourth-order valence-corrected chi connectivity index (χ4v) is 1.66. The van der Waals surface area contributed by atoms with E-state index < -0.39 is 0 Å². The first kappa shape index (κ1) is 12.1. The fourth-order valence-electron chi connectivity index (χ4n) is 1.66. The molecule has 1 atom stereocenters. The molecule has 86 valence electrons. The lowest BCUT2D eigenvalue weighted by Gasteiger charge is -2.15. The molecular formula is C12H23N3. The van der Waals surface area contributed by atoms with E-state index in [0.29, 0.717) is 12.1 Å². The van der Waals surface area contributed by atoms with Crippen LogP contribution < -0.4 is 5.32 Å². The van der Waals surface area contributed by atoms with Crippen molar-refractivity contribution in [1.82, 2.24) is 9.78 Å². The Bertz CT molecular complexity index is 278. The lowest BCUT2D eigenvalue weighted by atomic mass is 10.1. The number of rotatable bonds is 6. The van der Waals surface area contributed by atoms with Gasteiger partial charge in [-0.3, -0.25) is 4.68 Å². The topological polar surface area (TPSA) is 29.9 Å². The van der Waals surface area contributed by atoms with Gasteiger partial charge in [0.2, 0.25) is 0 Å². The largest absolute Gasteiger partial charge is 0.380 e. The maximum Gasteiger partial charge on any atom is 0.0728 e. The molecule has 0 radical (unpaired) electrons. The molecular weight excluding hydrogens is 186 g/mol. The van der Waals surface area contributed by atoms with Crippen molar-refractivity contribution in [2.75, 3.05) is 5.32 Å². The lowest BCUT2D eigenvalue weighted by molar-refractivity contribution is 0.532. The van der Waals surface area contributed by atoms with Crippen LogP contribution in [0.3, 0.4) is 0 Å². The molecule has 1 aromatic rings. The SMILES string of the molecule is CCCC(CC)Nc1cnn(C(C)C)c1. The summed E-state index contributed by atoms with van der Waals surface area (Å²) in [6.45, 7) is 8.72. The van der Waals surface area contributed by atoms with E-state index in [4.69, 9.17) is 0 Å². The molecule has 1 unspecified atom stereocenters. The normalized spacial score (nSPS) is 13.1. The summed E-state index contributed by atoms with van der Waals surface area (Å²) in [5, 5.41) is 7.84. The van der Waals surface area contributed by atoms with Gasteiger partial charge in [-0.25, -0.2) is 0 Å². The van der Waals surface area contributed by atoms with Crippen LogP contribution in [0.5, 0.6) is 0 Å². The van der Waals surface area contributed by atoms with Crippen molar-refractivity contribution in [2.45, 2.75) is 59.0 Å². The van der Waals surface area contributed by atoms with E-state index in [0.717, 1.165) is 5.69 Å². The molecule has 0 aliphatic carbocycles. The molecule has 1 aromatic heterocycles. The highest BCUT2D eigenvalue weighted by atomic mass is 15.3. The van der Waals surface area contributed by atoms with E-state index in [1.807, 2.05) is 10.9 Å². The number of aromatic nitrogens is 2. The van der Waals surface area contributed by atoms with E-state index in [-0.39, 0.29) is 0 Å².